The number of carbonyl (C=O) groups is 1. The first kappa shape index (κ1) is 13.6. The van der Waals surface area contributed by atoms with Crippen LogP contribution in [0.15, 0.2) is 22.8 Å². The lowest BCUT2D eigenvalue weighted by molar-refractivity contribution is 0.0942. The van der Waals surface area contributed by atoms with Crippen molar-refractivity contribution in [3.8, 4) is 0 Å². The Morgan fingerprint density at radius 2 is 2.38 bits per heavy atom. The molecular formula is C11H14Br2N2O. The van der Waals surface area contributed by atoms with Crippen LogP contribution in [0.3, 0.4) is 0 Å². The van der Waals surface area contributed by atoms with E-state index in [4.69, 9.17) is 0 Å². The largest absolute Gasteiger partial charge is 0.350 e. The molecule has 0 fully saturated rings. The average molecular weight is 350 g/mol. The summed E-state index contributed by atoms with van der Waals surface area (Å²) in [5, 5.41) is 3.83. The van der Waals surface area contributed by atoms with Gasteiger partial charge in [-0.15, -0.1) is 0 Å². The van der Waals surface area contributed by atoms with E-state index in [1.807, 2.05) is 6.07 Å². The molecule has 16 heavy (non-hydrogen) atoms. The summed E-state index contributed by atoms with van der Waals surface area (Å²) in [6.45, 7) is 2.78. The van der Waals surface area contributed by atoms with Crippen molar-refractivity contribution in [2.24, 2.45) is 5.92 Å². The predicted octanol–water partition coefficient (Wildman–Crippen LogP) is 3.00. The van der Waals surface area contributed by atoms with Crippen LogP contribution in [0, 0.1) is 5.92 Å². The van der Waals surface area contributed by atoms with Crippen molar-refractivity contribution in [1.29, 1.82) is 0 Å². The molecule has 0 spiro atoms. The molecule has 0 bridgehead atoms. The summed E-state index contributed by atoms with van der Waals surface area (Å²) in [5.41, 5.74) is 0.438. The summed E-state index contributed by atoms with van der Waals surface area (Å²) in [4.78, 5) is 15.8. The monoisotopic (exact) mass is 348 g/mol. The van der Waals surface area contributed by atoms with Crippen molar-refractivity contribution in [2.45, 2.75) is 13.3 Å². The molecular weight excluding hydrogens is 336 g/mol. The number of halogens is 2. The minimum Gasteiger partial charge on any atom is -0.350 e. The highest BCUT2D eigenvalue weighted by molar-refractivity contribution is 9.10. The van der Waals surface area contributed by atoms with Gasteiger partial charge in [0.25, 0.3) is 5.91 Å². The van der Waals surface area contributed by atoms with E-state index in [2.05, 4.69) is 49.1 Å². The van der Waals surface area contributed by atoms with Gasteiger partial charge in [-0.2, -0.15) is 0 Å². The average Bonchev–Trinajstić information content (AvgIpc) is 2.27. The fraction of sp³-hybridized carbons (Fsp3) is 0.455. The number of pyridine rings is 1. The van der Waals surface area contributed by atoms with Gasteiger partial charge in [-0.1, -0.05) is 22.9 Å². The molecule has 0 saturated heterocycles. The molecule has 1 amide bonds. The zero-order valence-electron chi connectivity index (χ0n) is 9.04. The number of hydrogen-bond donors (Lipinski definition) is 1. The molecule has 1 rings (SSSR count). The van der Waals surface area contributed by atoms with Crippen molar-refractivity contribution in [3.05, 3.63) is 28.5 Å². The summed E-state index contributed by atoms with van der Waals surface area (Å²) in [6, 6.07) is 3.60. The van der Waals surface area contributed by atoms with Crippen LogP contribution in [-0.4, -0.2) is 22.8 Å². The van der Waals surface area contributed by atoms with Crippen molar-refractivity contribution >= 4 is 37.8 Å². The number of aromatic nitrogens is 1. The molecule has 0 aliphatic carbocycles. The molecule has 1 N–H and O–H groups in total. The van der Waals surface area contributed by atoms with Gasteiger partial charge in [0.15, 0.2) is 0 Å². The van der Waals surface area contributed by atoms with E-state index < -0.39 is 0 Å². The van der Waals surface area contributed by atoms with Crippen LogP contribution in [0.4, 0.5) is 0 Å². The highest BCUT2D eigenvalue weighted by Gasteiger charge is 2.11. The number of carbonyl (C=O) groups excluding carboxylic acids is 1. The van der Waals surface area contributed by atoms with Crippen molar-refractivity contribution in [1.82, 2.24) is 10.3 Å². The highest BCUT2D eigenvalue weighted by Crippen LogP contribution is 2.13. The van der Waals surface area contributed by atoms with Crippen LogP contribution in [0.25, 0.3) is 0 Å². The number of alkyl halides is 1. The van der Waals surface area contributed by atoms with Gasteiger partial charge in [-0.25, -0.2) is 4.98 Å². The Kier molecular flexibility index (Phi) is 5.98. The van der Waals surface area contributed by atoms with Crippen LogP contribution in [0.1, 0.15) is 23.8 Å². The first-order chi connectivity index (χ1) is 7.65. The van der Waals surface area contributed by atoms with Crippen LogP contribution in [-0.2, 0) is 0 Å². The first-order valence-electron chi connectivity index (χ1n) is 5.09. The molecule has 1 aromatic heterocycles. The second-order valence-corrected chi connectivity index (χ2v) is 5.27. The van der Waals surface area contributed by atoms with Gasteiger partial charge in [0.05, 0.1) is 0 Å². The lowest BCUT2D eigenvalue weighted by atomic mass is 10.1. The molecule has 1 atom stereocenters. The summed E-state index contributed by atoms with van der Waals surface area (Å²) >= 11 is 6.68. The smallest absolute Gasteiger partial charge is 0.271 e. The Morgan fingerprint density at radius 3 is 3.00 bits per heavy atom. The molecule has 0 saturated carbocycles. The van der Waals surface area contributed by atoms with Gasteiger partial charge in [0.1, 0.15) is 5.69 Å². The van der Waals surface area contributed by atoms with E-state index in [0.717, 1.165) is 16.2 Å². The van der Waals surface area contributed by atoms with Gasteiger partial charge >= 0.3 is 0 Å². The Bertz CT molecular complexity index is 358. The highest BCUT2D eigenvalue weighted by atomic mass is 79.9. The van der Waals surface area contributed by atoms with Crippen molar-refractivity contribution in [3.63, 3.8) is 0 Å². The molecule has 0 radical (unpaired) electrons. The maximum Gasteiger partial charge on any atom is 0.271 e. The van der Waals surface area contributed by atoms with E-state index in [0.29, 0.717) is 18.2 Å². The fourth-order valence-electron chi connectivity index (χ4n) is 1.19. The van der Waals surface area contributed by atoms with Gasteiger partial charge in [0.2, 0.25) is 0 Å². The number of rotatable bonds is 5. The normalized spacial score (nSPS) is 12.2. The minimum absolute atomic E-state index is 0.131. The minimum atomic E-state index is -0.131. The maximum atomic E-state index is 11.8. The Labute approximate surface area is 112 Å². The lowest BCUT2D eigenvalue weighted by Gasteiger charge is -2.11. The van der Waals surface area contributed by atoms with Crippen LogP contribution >= 0.6 is 31.9 Å². The molecule has 0 aliphatic heterocycles. The zero-order chi connectivity index (χ0) is 12.0. The summed E-state index contributed by atoms with van der Waals surface area (Å²) in [5.74, 6) is 0.333. The lowest BCUT2D eigenvalue weighted by Crippen LogP contribution is -2.29. The molecule has 0 aliphatic rings. The molecule has 5 heteroatoms. The molecule has 3 nitrogen and oxygen atoms in total. The second-order valence-electron chi connectivity index (χ2n) is 3.63. The van der Waals surface area contributed by atoms with E-state index in [-0.39, 0.29) is 5.91 Å². The van der Waals surface area contributed by atoms with E-state index in [9.17, 15) is 4.79 Å². The Hall–Kier alpha value is -0.420. The van der Waals surface area contributed by atoms with Crippen LogP contribution in [0.2, 0.25) is 0 Å². The van der Waals surface area contributed by atoms with Gasteiger partial charge < -0.3 is 5.32 Å². The zero-order valence-corrected chi connectivity index (χ0v) is 12.2. The van der Waals surface area contributed by atoms with E-state index in [1.165, 1.54) is 0 Å². The molecule has 88 valence electrons. The maximum absolute atomic E-state index is 11.8. The third-order valence-electron chi connectivity index (χ3n) is 2.19. The van der Waals surface area contributed by atoms with Crippen molar-refractivity contribution in [2.75, 3.05) is 11.9 Å². The molecule has 1 heterocycles. The number of nitrogens with one attached hydrogen (secondary N) is 1. The molecule has 0 aromatic carbocycles. The Balaban J connectivity index is 2.50. The van der Waals surface area contributed by atoms with Gasteiger partial charge in [-0.3, -0.25) is 4.79 Å². The Morgan fingerprint density at radius 1 is 1.62 bits per heavy atom. The van der Waals surface area contributed by atoms with Gasteiger partial charge in [-0.05, 0) is 40.4 Å². The topological polar surface area (TPSA) is 42.0 Å². The van der Waals surface area contributed by atoms with Crippen molar-refractivity contribution < 1.29 is 4.79 Å². The van der Waals surface area contributed by atoms with E-state index in [1.54, 1.807) is 12.3 Å². The predicted molar refractivity (Wildman–Crippen MR) is 71.8 cm³/mol. The van der Waals surface area contributed by atoms with Gasteiger partial charge in [0, 0.05) is 22.5 Å². The third kappa shape index (κ3) is 4.22. The summed E-state index contributed by atoms with van der Waals surface area (Å²) in [7, 11) is 0. The SMILES string of the molecule is CC(CCBr)CNC(=O)c1ncccc1Br. The quantitative estimate of drug-likeness (QED) is 0.830. The first-order valence-corrected chi connectivity index (χ1v) is 7.01. The van der Waals surface area contributed by atoms with Crippen LogP contribution < -0.4 is 5.32 Å². The number of amides is 1. The standard InChI is InChI=1S/C11H14Br2N2O/c1-8(4-5-12)7-15-11(16)10-9(13)3-2-6-14-10/h2-3,6,8H,4-5,7H2,1H3,(H,15,16). The number of nitrogens with zero attached hydrogens (tertiary/aromatic N) is 1. The van der Waals surface area contributed by atoms with E-state index >= 15 is 0 Å². The number of hydrogen-bond acceptors (Lipinski definition) is 2. The molecule has 1 aromatic rings. The fourth-order valence-corrected chi connectivity index (χ4v) is 2.41. The summed E-state index contributed by atoms with van der Waals surface area (Å²) in [6.07, 6.45) is 2.66. The summed E-state index contributed by atoms with van der Waals surface area (Å²) < 4.78 is 0.723. The second kappa shape index (κ2) is 7.01. The third-order valence-corrected chi connectivity index (χ3v) is 3.28. The van der Waals surface area contributed by atoms with Crippen LogP contribution in [0.5, 0.6) is 0 Å². The molecule has 1 unspecified atom stereocenters.